The molecule has 2 unspecified atom stereocenters. The van der Waals surface area contributed by atoms with E-state index in [0.717, 1.165) is 63.0 Å². The molecule has 0 bridgehead atoms. The highest BCUT2D eigenvalue weighted by Crippen LogP contribution is 2.36. The van der Waals surface area contributed by atoms with Gasteiger partial charge in [-0.2, -0.15) is 0 Å². The molecular weight excluding hydrogens is 468 g/mol. The molecule has 3 aliphatic rings. The minimum absolute atomic E-state index is 0.0743. The van der Waals surface area contributed by atoms with Gasteiger partial charge < -0.3 is 24.8 Å². The van der Waals surface area contributed by atoms with Gasteiger partial charge in [0.05, 0.1) is 6.04 Å². The van der Waals surface area contributed by atoms with Crippen LogP contribution in [0.15, 0.2) is 24.5 Å². The molecule has 1 amide bonds. The summed E-state index contributed by atoms with van der Waals surface area (Å²) in [5.74, 6) is 0.288. The van der Waals surface area contributed by atoms with Crippen molar-refractivity contribution in [3.63, 3.8) is 0 Å². The lowest BCUT2D eigenvalue weighted by atomic mass is 9.90. The summed E-state index contributed by atoms with van der Waals surface area (Å²) in [4.78, 5) is 25.3. The monoisotopic (exact) mass is 504 g/mol. The summed E-state index contributed by atoms with van der Waals surface area (Å²) < 4.78 is 28.7. The zero-order chi connectivity index (χ0) is 24.6. The number of nitrogens with zero attached hydrogens (tertiary/aromatic N) is 5. The van der Waals surface area contributed by atoms with Crippen LogP contribution in [0.1, 0.15) is 37.2 Å². The van der Waals surface area contributed by atoms with Gasteiger partial charge in [0.2, 0.25) is 10.0 Å². The van der Waals surface area contributed by atoms with Gasteiger partial charge >= 0.3 is 6.09 Å². The van der Waals surface area contributed by atoms with Crippen molar-refractivity contribution in [3.8, 4) is 0 Å². The second kappa shape index (κ2) is 10.0. The Morgan fingerprint density at radius 2 is 1.91 bits per heavy atom. The number of fused-ring (bicyclic) bond motifs is 1. The molecule has 10 nitrogen and oxygen atoms in total. The van der Waals surface area contributed by atoms with Gasteiger partial charge in [-0.3, -0.25) is 0 Å². The molecule has 2 aromatic rings. The summed E-state index contributed by atoms with van der Waals surface area (Å²) in [6.45, 7) is 5.98. The fourth-order valence-electron chi connectivity index (χ4n) is 5.89. The van der Waals surface area contributed by atoms with Gasteiger partial charge in [-0.25, -0.2) is 22.5 Å². The van der Waals surface area contributed by atoms with Crippen LogP contribution in [0.3, 0.4) is 0 Å². The van der Waals surface area contributed by atoms with E-state index in [1.165, 1.54) is 10.5 Å². The van der Waals surface area contributed by atoms with Crippen LogP contribution >= 0.6 is 0 Å². The molecule has 3 saturated heterocycles. The van der Waals surface area contributed by atoms with Gasteiger partial charge in [0.1, 0.15) is 10.9 Å². The molecule has 192 valence electrons. The molecule has 5 heterocycles. The molecule has 2 atom stereocenters. The lowest BCUT2D eigenvalue weighted by Crippen LogP contribution is -2.67. The number of aromatic nitrogens is 2. The van der Waals surface area contributed by atoms with Crippen molar-refractivity contribution < 1.29 is 18.3 Å². The highest BCUT2D eigenvalue weighted by Gasteiger charge is 2.51. The molecule has 0 aliphatic carbocycles. The van der Waals surface area contributed by atoms with E-state index in [1.54, 1.807) is 10.5 Å². The number of aromatic amines is 1. The summed E-state index contributed by atoms with van der Waals surface area (Å²) in [6.07, 6.45) is 5.64. The van der Waals surface area contributed by atoms with Crippen molar-refractivity contribution in [1.29, 1.82) is 0 Å². The van der Waals surface area contributed by atoms with Crippen LogP contribution in [-0.2, 0) is 10.0 Å². The molecule has 0 saturated carbocycles. The van der Waals surface area contributed by atoms with Crippen LogP contribution in [0.4, 0.5) is 4.79 Å². The molecule has 0 spiro atoms. The average molecular weight is 505 g/mol. The van der Waals surface area contributed by atoms with E-state index >= 15 is 0 Å². The minimum atomic E-state index is -3.55. The van der Waals surface area contributed by atoms with Gasteiger partial charge in [0, 0.05) is 63.6 Å². The standard InChI is InChI=1S/C24H36N6O4S/c1-27-12-14-28(15-13-27)9-3-5-21-22(17-30(21)24(31)32)35(33,34)29-10-6-18(7-11-29)20-16-26-23-19(20)4-2-8-25-23/h2,4,8,16,18,21-22H,3,5-7,9-15,17H2,1H3,(H,25,26)(H,31,32). The van der Waals surface area contributed by atoms with Crippen LogP contribution in [0, 0.1) is 0 Å². The summed E-state index contributed by atoms with van der Waals surface area (Å²) in [6, 6.07) is 3.52. The van der Waals surface area contributed by atoms with E-state index in [1.807, 2.05) is 12.3 Å². The zero-order valence-electron chi connectivity index (χ0n) is 20.3. The topological polar surface area (TPSA) is 113 Å². The van der Waals surface area contributed by atoms with Gasteiger partial charge in [-0.05, 0) is 62.9 Å². The molecule has 3 aliphatic heterocycles. The maximum atomic E-state index is 13.5. The highest BCUT2D eigenvalue weighted by atomic mass is 32.2. The quantitative estimate of drug-likeness (QED) is 0.591. The Morgan fingerprint density at radius 3 is 2.63 bits per heavy atom. The van der Waals surface area contributed by atoms with E-state index in [0.29, 0.717) is 19.5 Å². The Balaban J connectivity index is 1.19. The fourth-order valence-corrected chi connectivity index (χ4v) is 8.02. The molecule has 2 N–H and O–H groups in total. The molecule has 0 radical (unpaired) electrons. The third-order valence-corrected chi connectivity index (χ3v) is 10.5. The van der Waals surface area contributed by atoms with E-state index in [4.69, 9.17) is 0 Å². The lowest BCUT2D eigenvalue weighted by molar-refractivity contribution is 0.0684. The van der Waals surface area contributed by atoms with Crippen molar-refractivity contribution in [3.05, 3.63) is 30.1 Å². The predicted octanol–water partition coefficient (Wildman–Crippen LogP) is 1.83. The number of likely N-dealkylation sites (tertiary alicyclic amines) is 1. The van der Waals surface area contributed by atoms with Gasteiger partial charge in [0.15, 0.2) is 0 Å². The van der Waals surface area contributed by atoms with Crippen LogP contribution in [0.25, 0.3) is 11.0 Å². The van der Waals surface area contributed by atoms with Crippen molar-refractivity contribution in [2.24, 2.45) is 0 Å². The van der Waals surface area contributed by atoms with Crippen molar-refractivity contribution in [2.75, 3.05) is 59.4 Å². The Labute approximate surface area is 206 Å². The molecule has 0 aromatic carbocycles. The van der Waals surface area contributed by atoms with Gasteiger partial charge in [0.25, 0.3) is 0 Å². The Hall–Kier alpha value is -2.21. The van der Waals surface area contributed by atoms with E-state index < -0.39 is 27.4 Å². The van der Waals surface area contributed by atoms with Crippen LogP contribution in [0.2, 0.25) is 0 Å². The second-order valence-corrected chi connectivity index (χ2v) is 12.3. The number of piperazine rings is 1. The third kappa shape index (κ3) is 4.91. The summed E-state index contributed by atoms with van der Waals surface area (Å²) in [5.41, 5.74) is 2.06. The number of pyridine rings is 1. The molecule has 5 rings (SSSR count). The number of rotatable bonds is 7. The SMILES string of the molecule is CN1CCN(CCCC2C(S(=O)(=O)N3CCC(c4c[nH]c5ncccc45)CC3)CN2C(=O)O)CC1. The highest BCUT2D eigenvalue weighted by molar-refractivity contribution is 7.89. The van der Waals surface area contributed by atoms with Crippen molar-refractivity contribution in [2.45, 2.75) is 42.9 Å². The van der Waals surface area contributed by atoms with Crippen LogP contribution in [0.5, 0.6) is 0 Å². The number of carboxylic acid groups (broad SMARTS) is 1. The van der Waals surface area contributed by atoms with E-state index in [9.17, 15) is 18.3 Å². The first-order valence-electron chi connectivity index (χ1n) is 12.7. The number of likely N-dealkylation sites (N-methyl/N-ethyl adjacent to an activating group) is 1. The van der Waals surface area contributed by atoms with E-state index in [-0.39, 0.29) is 12.5 Å². The predicted molar refractivity (Wildman–Crippen MR) is 134 cm³/mol. The Morgan fingerprint density at radius 1 is 1.17 bits per heavy atom. The number of amides is 1. The number of piperidine rings is 1. The molecule has 35 heavy (non-hydrogen) atoms. The fraction of sp³-hybridized carbons (Fsp3) is 0.667. The zero-order valence-corrected chi connectivity index (χ0v) is 21.2. The first-order chi connectivity index (χ1) is 16.8. The van der Waals surface area contributed by atoms with Crippen molar-refractivity contribution >= 4 is 27.1 Å². The largest absolute Gasteiger partial charge is 0.465 e. The van der Waals surface area contributed by atoms with Crippen LogP contribution in [-0.4, -0.2) is 119 Å². The van der Waals surface area contributed by atoms with Crippen molar-refractivity contribution in [1.82, 2.24) is 29.0 Å². The van der Waals surface area contributed by atoms with Crippen LogP contribution < -0.4 is 0 Å². The number of nitrogens with one attached hydrogen (secondary N) is 1. The number of carbonyl (C=O) groups is 1. The molecule has 2 aromatic heterocycles. The molecule has 11 heteroatoms. The number of sulfonamides is 1. The average Bonchev–Trinajstić information content (AvgIpc) is 3.26. The number of hydrogen-bond donors (Lipinski definition) is 2. The second-order valence-electron chi connectivity index (χ2n) is 10.2. The lowest BCUT2D eigenvalue weighted by Gasteiger charge is -2.48. The third-order valence-electron chi connectivity index (χ3n) is 8.14. The normalized spacial score (nSPS) is 25.7. The van der Waals surface area contributed by atoms with Gasteiger partial charge in [-0.15, -0.1) is 0 Å². The smallest absolute Gasteiger partial charge is 0.407 e. The first kappa shape index (κ1) is 24.5. The summed E-state index contributed by atoms with van der Waals surface area (Å²) in [7, 11) is -1.43. The molecular formula is C24H36N6O4S. The first-order valence-corrected chi connectivity index (χ1v) is 14.2. The maximum absolute atomic E-state index is 13.5. The minimum Gasteiger partial charge on any atom is -0.465 e. The Kier molecular flexibility index (Phi) is 7.02. The number of H-pyrrole nitrogens is 1. The molecule has 3 fully saturated rings. The summed E-state index contributed by atoms with van der Waals surface area (Å²) in [5, 5.41) is 10.1. The Bertz CT molecular complexity index is 1140. The maximum Gasteiger partial charge on any atom is 0.407 e. The van der Waals surface area contributed by atoms with Gasteiger partial charge in [-0.1, -0.05) is 0 Å². The van der Waals surface area contributed by atoms with E-state index in [2.05, 4.69) is 32.9 Å². The summed E-state index contributed by atoms with van der Waals surface area (Å²) >= 11 is 0. The number of hydrogen-bond acceptors (Lipinski definition) is 6.